The molecule has 0 saturated heterocycles. The van der Waals surface area contributed by atoms with E-state index in [-0.39, 0.29) is 11.7 Å². The van der Waals surface area contributed by atoms with Gasteiger partial charge in [-0.05, 0) is 25.5 Å². The van der Waals surface area contributed by atoms with Crippen LogP contribution in [0.25, 0.3) is 10.9 Å². The first-order chi connectivity index (χ1) is 10.0. The Morgan fingerprint density at radius 3 is 2.86 bits per heavy atom. The van der Waals surface area contributed by atoms with Crippen LogP contribution in [0, 0.1) is 29.4 Å². The summed E-state index contributed by atoms with van der Waals surface area (Å²) in [6.07, 6.45) is 7.33. The van der Waals surface area contributed by atoms with Crippen molar-refractivity contribution < 1.29 is 4.92 Å². The zero-order chi connectivity index (χ0) is 15.4. The Kier molecular flexibility index (Phi) is 4.39. The first-order valence-corrected chi connectivity index (χ1v) is 6.83. The molecule has 2 aromatic rings. The van der Waals surface area contributed by atoms with E-state index < -0.39 is 4.92 Å². The van der Waals surface area contributed by atoms with Gasteiger partial charge in [-0.2, -0.15) is 0 Å². The number of hydrogen-bond acceptors (Lipinski definition) is 4. The number of nitro groups is 1. The predicted octanol–water partition coefficient (Wildman–Crippen LogP) is 3.67. The number of aryl methyl sites for hydroxylation is 1. The van der Waals surface area contributed by atoms with Crippen LogP contribution in [0.15, 0.2) is 24.3 Å². The Labute approximate surface area is 123 Å². The van der Waals surface area contributed by atoms with Crippen LogP contribution in [0.4, 0.5) is 11.4 Å². The number of aromatic nitrogens is 1. The number of terminal acetylenes is 1. The van der Waals surface area contributed by atoms with Crippen LogP contribution < -0.4 is 5.32 Å². The van der Waals surface area contributed by atoms with Gasteiger partial charge in [0.2, 0.25) is 0 Å². The number of hydrogen-bond donors (Lipinski definition) is 1. The number of nitrogens with one attached hydrogen (secondary N) is 1. The highest BCUT2D eigenvalue weighted by molar-refractivity contribution is 5.93. The lowest BCUT2D eigenvalue weighted by Gasteiger charge is -2.16. The van der Waals surface area contributed by atoms with Gasteiger partial charge in [-0.3, -0.25) is 15.1 Å². The normalized spacial score (nSPS) is 11.9. The molecular weight excluding hydrogens is 266 g/mol. The molecule has 5 nitrogen and oxygen atoms in total. The second-order valence-electron chi connectivity index (χ2n) is 4.92. The first-order valence-electron chi connectivity index (χ1n) is 6.83. The molecule has 0 saturated carbocycles. The van der Waals surface area contributed by atoms with E-state index in [4.69, 9.17) is 6.42 Å². The third kappa shape index (κ3) is 3.29. The quantitative estimate of drug-likeness (QED) is 0.516. The molecular formula is C16H17N3O2. The van der Waals surface area contributed by atoms with Gasteiger partial charge >= 0.3 is 0 Å². The molecule has 0 amide bonds. The number of pyridine rings is 1. The lowest BCUT2D eigenvalue weighted by molar-refractivity contribution is -0.384. The largest absolute Gasteiger partial charge is 0.371 e. The van der Waals surface area contributed by atoms with Gasteiger partial charge in [-0.1, -0.05) is 19.3 Å². The molecule has 0 aliphatic rings. The molecule has 1 heterocycles. The zero-order valence-electron chi connectivity index (χ0n) is 12.1. The highest BCUT2D eigenvalue weighted by Gasteiger charge is 2.12. The Morgan fingerprint density at radius 2 is 2.24 bits per heavy atom. The summed E-state index contributed by atoms with van der Waals surface area (Å²) in [6, 6.07) is 6.43. The van der Waals surface area contributed by atoms with E-state index in [2.05, 4.69) is 23.1 Å². The molecule has 1 atom stereocenters. The van der Waals surface area contributed by atoms with Crippen LogP contribution in [0.1, 0.15) is 25.5 Å². The van der Waals surface area contributed by atoms with Crippen molar-refractivity contribution in [1.82, 2.24) is 4.98 Å². The summed E-state index contributed by atoms with van der Waals surface area (Å²) >= 11 is 0. The van der Waals surface area contributed by atoms with Gasteiger partial charge in [0.15, 0.2) is 0 Å². The van der Waals surface area contributed by atoms with Gasteiger partial charge < -0.3 is 5.32 Å². The molecule has 21 heavy (non-hydrogen) atoms. The minimum Gasteiger partial charge on any atom is -0.371 e. The second kappa shape index (κ2) is 6.23. The number of anilines is 1. The smallest absolute Gasteiger partial charge is 0.270 e. The molecule has 1 N–H and O–H groups in total. The number of nitro benzene ring substituents is 1. The van der Waals surface area contributed by atoms with Crippen molar-refractivity contribution in [1.29, 1.82) is 0 Å². The third-order valence-electron chi connectivity index (χ3n) is 3.24. The van der Waals surface area contributed by atoms with Crippen LogP contribution >= 0.6 is 0 Å². The lowest BCUT2D eigenvalue weighted by Crippen LogP contribution is -2.17. The molecule has 0 bridgehead atoms. The van der Waals surface area contributed by atoms with Gasteiger partial charge in [-0.15, -0.1) is 6.42 Å². The third-order valence-corrected chi connectivity index (χ3v) is 3.24. The first kappa shape index (κ1) is 14.8. The fraction of sp³-hybridized carbons (Fsp3) is 0.312. The summed E-state index contributed by atoms with van der Waals surface area (Å²) in [5.74, 6) is 2.71. The number of rotatable bonds is 5. The fourth-order valence-corrected chi connectivity index (χ4v) is 2.25. The van der Waals surface area contributed by atoms with Gasteiger partial charge in [0.25, 0.3) is 5.69 Å². The maximum absolute atomic E-state index is 10.9. The molecule has 1 aromatic heterocycles. The number of non-ortho nitro benzene ring substituents is 1. The predicted molar refractivity (Wildman–Crippen MR) is 84.3 cm³/mol. The molecule has 0 aliphatic heterocycles. The minimum atomic E-state index is -0.409. The molecule has 2 rings (SSSR count). The summed E-state index contributed by atoms with van der Waals surface area (Å²) in [5.41, 5.74) is 2.39. The Hall–Kier alpha value is -2.61. The van der Waals surface area contributed by atoms with E-state index in [1.54, 1.807) is 6.07 Å². The van der Waals surface area contributed by atoms with Gasteiger partial charge in [0.05, 0.1) is 16.5 Å². The standard InChI is InChI=1S/C16H17N3O2/c1-4-6-12(5-2)18-16-9-11(3)17-15-8-7-13(19(20)21)10-14(15)16/h2,7-10,12H,4,6H2,1,3H3,(H,17,18). The summed E-state index contributed by atoms with van der Waals surface area (Å²) in [5, 5.41) is 14.9. The molecule has 0 fully saturated rings. The molecule has 1 unspecified atom stereocenters. The average molecular weight is 283 g/mol. The molecule has 1 aromatic carbocycles. The monoisotopic (exact) mass is 283 g/mol. The van der Waals surface area contributed by atoms with Crippen LogP contribution in [0.3, 0.4) is 0 Å². The van der Waals surface area contributed by atoms with Crippen molar-refractivity contribution in [3.63, 3.8) is 0 Å². The van der Waals surface area contributed by atoms with Gasteiger partial charge in [-0.25, -0.2) is 0 Å². The molecule has 5 heteroatoms. The maximum Gasteiger partial charge on any atom is 0.270 e. The molecule has 0 aliphatic carbocycles. The number of fused-ring (bicyclic) bond motifs is 1. The molecule has 0 radical (unpaired) electrons. The van der Waals surface area contributed by atoms with Crippen LogP contribution in [0.2, 0.25) is 0 Å². The lowest BCUT2D eigenvalue weighted by atomic mass is 10.1. The van der Waals surface area contributed by atoms with E-state index in [0.717, 1.165) is 29.7 Å². The summed E-state index contributed by atoms with van der Waals surface area (Å²) in [7, 11) is 0. The number of benzene rings is 1. The molecule has 108 valence electrons. The molecule has 0 spiro atoms. The van der Waals surface area contributed by atoms with Crippen LogP contribution in [-0.2, 0) is 0 Å². The SMILES string of the molecule is C#CC(CCC)Nc1cc(C)nc2ccc([N+](=O)[O-])cc12. The summed E-state index contributed by atoms with van der Waals surface area (Å²) in [4.78, 5) is 14.9. The Balaban J connectivity index is 2.52. The van der Waals surface area contributed by atoms with Crippen molar-refractivity contribution in [3.8, 4) is 12.3 Å². The van der Waals surface area contributed by atoms with E-state index in [1.165, 1.54) is 12.1 Å². The maximum atomic E-state index is 10.9. The zero-order valence-corrected chi connectivity index (χ0v) is 12.1. The van der Waals surface area contributed by atoms with Crippen molar-refractivity contribution in [3.05, 3.63) is 40.1 Å². The van der Waals surface area contributed by atoms with Gasteiger partial charge in [0.1, 0.15) is 0 Å². The minimum absolute atomic E-state index is 0.0453. The van der Waals surface area contributed by atoms with E-state index in [0.29, 0.717) is 5.39 Å². The average Bonchev–Trinajstić information content (AvgIpc) is 2.46. The topological polar surface area (TPSA) is 68.1 Å². The fourth-order valence-electron chi connectivity index (χ4n) is 2.25. The Bertz CT molecular complexity index is 719. The van der Waals surface area contributed by atoms with Gasteiger partial charge in [0, 0.05) is 28.9 Å². The van der Waals surface area contributed by atoms with E-state index >= 15 is 0 Å². The second-order valence-corrected chi connectivity index (χ2v) is 4.92. The summed E-state index contributed by atoms with van der Waals surface area (Å²) in [6.45, 7) is 3.95. The Morgan fingerprint density at radius 1 is 1.48 bits per heavy atom. The van der Waals surface area contributed by atoms with Crippen LogP contribution in [-0.4, -0.2) is 15.9 Å². The van der Waals surface area contributed by atoms with E-state index in [1.807, 2.05) is 13.0 Å². The highest BCUT2D eigenvalue weighted by atomic mass is 16.6. The van der Waals surface area contributed by atoms with Crippen molar-refractivity contribution >= 4 is 22.3 Å². The van der Waals surface area contributed by atoms with Crippen molar-refractivity contribution in [2.45, 2.75) is 32.7 Å². The van der Waals surface area contributed by atoms with Crippen LogP contribution in [0.5, 0.6) is 0 Å². The highest BCUT2D eigenvalue weighted by Crippen LogP contribution is 2.28. The number of nitrogens with zero attached hydrogens (tertiary/aromatic N) is 2. The summed E-state index contributed by atoms with van der Waals surface area (Å²) < 4.78 is 0. The van der Waals surface area contributed by atoms with Crippen molar-refractivity contribution in [2.24, 2.45) is 0 Å². The van der Waals surface area contributed by atoms with Crippen molar-refractivity contribution in [2.75, 3.05) is 5.32 Å². The van der Waals surface area contributed by atoms with E-state index in [9.17, 15) is 10.1 Å².